The summed E-state index contributed by atoms with van der Waals surface area (Å²) in [5, 5.41) is 0. The van der Waals surface area contributed by atoms with E-state index in [0.29, 0.717) is 11.1 Å². The molecule has 0 spiro atoms. The van der Waals surface area contributed by atoms with Crippen molar-refractivity contribution in [3.05, 3.63) is 132 Å². The van der Waals surface area contributed by atoms with Crippen molar-refractivity contribution in [2.24, 2.45) is 11.8 Å². The number of ketones is 1. The zero-order chi connectivity index (χ0) is 29.0. The molecule has 2 saturated heterocycles. The van der Waals surface area contributed by atoms with Crippen LogP contribution in [0.1, 0.15) is 21.5 Å². The Morgan fingerprint density at radius 1 is 0.714 bits per heavy atom. The maximum Gasteiger partial charge on any atom is 0.335 e. The lowest BCUT2D eigenvalue weighted by Gasteiger charge is -2.36. The van der Waals surface area contributed by atoms with Crippen molar-refractivity contribution in [2.45, 2.75) is 12.1 Å². The Kier molecular flexibility index (Phi) is 6.04. The molecule has 3 heterocycles. The molecular formula is C34H23FN2O5. The number of carbonyl (C=O) groups excluding carboxylic acids is 4. The Labute approximate surface area is 240 Å². The molecule has 0 saturated carbocycles. The molecule has 7 rings (SSSR count). The van der Waals surface area contributed by atoms with Crippen LogP contribution >= 0.6 is 0 Å². The Bertz CT molecular complexity index is 1770. The minimum Gasteiger partial charge on any atom is -0.425 e. The number of fused-ring (bicyclic) bond motifs is 5. The van der Waals surface area contributed by atoms with E-state index in [1.54, 1.807) is 41.3 Å². The van der Waals surface area contributed by atoms with Crippen LogP contribution < -0.4 is 14.5 Å². The highest BCUT2D eigenvalue weighted by atomic mass is 19.1. The summed E-state index contributed by atoms with van der Waals surface area (Å²) in [7, 11) is 0. The molecule has 4 atom stereocenters. The number of halogens is 1. The number of hydrogen-bond acceptors (Lipinski definition) is 6. The summed E-state index contributed by atoms with van der Waals surface area (Å²) in [4.78, 5) is 57.2. The number of para-hydroxylation sites is 1. The normalized spacial score (nSPS) is 22.0. The molecule has 8 heteroatoms. The van der Waals surface area contributed by atoms with E-state index in [0.717, 1.165) is 16.2 Å². The zero-order valence-electron chi connectivity index (χ0n) is 22.1. The predicted molar refractivity (Wildman–Crippen MR) is 153 cm³/mol. The number of ether oxygens (including phenoxy) is 1. The van der Waals surface area contributed by atoms with Crippen LogP contribution in [0, 0.1) is 17.7 Å². The quantitative estimate of drug-likeness (QED) is 0.148. The molecule has 0 N–H and O–H groups in total. The SMILES string of the molecule is O=C(c1ccccc1)c1ccc(OC(=O)[C@@H]2[C@H]3C(=O)N(c4ccc(F)cc4)C(=O)[C@@H]3[C@H]3C=Cc4ccccc4N32)cc1. The van der Waals surface area contributed by atoms with Crippen LogP contribution in [0.4, 0.5) is 15.8 Å². The first kappa shape index (κ1) is 25.6. The minimum absolute atomic E-state index is 0.164. The Morgan fingerprint density at radius 3 is 2.10 bits per heavy atom. The van der Waals surface area contributed by atoms with Gasteiger partial charge in [0.2, 0.25) is 11.8 Å². The molecule has 42 heavy (non-hydrogen) atoms. The van der Waals surface area contributed by atoms with Gasteiger partial charge in [0, 0.05) is 16.8 Å². The van der Waals surface area contributed by atoms with Crippen LogP contribution in [0.15, 0.2) is 109 Å². The molecule has 2 amide bonds. The van der Waals surface area contributed by atoms with Crippen molar-refractivity contribution in [1.29, 1.82) is 0 Å². The second-order valence-electron chi connectivity index (χ2n) is 10.4. The third-order valence-electron chi connectivity index (χ3n) is 8.11. The van der Waals surface area contributed by atoms with Crippen LogP contribution in [-0.4, -0.2) is 35.7 Å². The average molecular weight is 559 g/mol. The fraction of sp³-hybridized carbons (Fsp3) is 0.118. The van der Waals surface area contributed by atoms with Gasteiger partial charge in [-0.1, -0.05) is 60.7 Å². The number of carbonyl (C=O) groups is 4. The van der Waals surface area contributed by atoms with Gasteiger partial charge < -0.3 is 9.64 Å². The van der Waals surface area contributed by atoms with E-state index >= 15 is 0 Å². The van der Waals surface area contributed by atoms with Crippen molar-refractivity contribution in [2.75, 3.05) is 9.80 Å². The zero-order valence-corrected chi connectivity index (χ0v) is 22.1. The van der Waals surface area contributed by atoms with Crippen molar-refractivity contribution in [3.8, 4) is 5.75 Å². The topological polar surface area (TPSA) is 84.0 Å². The van der Waals surface area contributed by atoms with Gasteiger partial charge in [0.25, 0.3) is 0 Å². The summed E-state index contributed by atoms with van der Waals surface area (Å²) >= 11 is 0. The monoisotopic (exact) mass is 558 g/mol. The predicted octanol–water partition coefficient (Wildman–Crippen LogP) is 5.05. The summed E-state index contributed by atoms with van der Waals surface area (Å²) in [6, 6.07) is 26.0. The van der Waals surface area contributed by atoms with Crippen LogP contribution in [0.5, 0.6) is 5.75 Å². The number of imide groups is 1. The van der Waals surface area contributed by atoms with E-state index in [9.17, 15) is 23.6 Å². The van der Waals surface area contributed by atoms with Crippen molar-refractivity contribution >= 4 is 41.0 Å². The molecule has 7 nitrogen and oxygen atoms in total. The standard InChI is InChI=1S/C34H23FN2O5/c35-23-13-15-24(16-14-23)36-32(39)28-27-19-12-20-6-4-5-9-26(20)37(27)30(29(28)33(36)40)34(41)42-25-17-10-22(11-18-25)31(38)21-7-2-1-3-8-21/h1-19,27-30H/t27-,28-,29+,30+/m1/s1. The molecule has 0 aliphatic carbocycles. The number of rotatable bonds is 5. The Hall–Kier alpha value is -5.37. The van der Waals surface area contributed by atoms with Crippen LogP contribution in [0.2, 0.25) is 0 Å². The number of benzene rings is 4. The molecule has 4 aromatic rings. The van der Waals surface area contributed by atoms with E-state index in [1.165, 1.54) is 36.4 Å². The first-order chi connectivity index (χ1) is 20.4. The summed E-state index contributed by atoms with van der Waals surface area (Å²) in [6.45, 7) is 0. The smallest absolute Gasteiger partial charge is 0.335 e. The molecule has 3 aliphatic rings. The molecule has 206 valence electrons. The van der Waals surface area contributed by atoms with Crippen LogP contribution in [0.3, 0.4) is 0 Å². The number of nitrogens with zero attached hydrogens (tertiary/aromatic N) is 2. The molecule has 0 aromatic heterocycles. The molecule has 2 fully saturated rings. The largest absolute Gasteiger partial charge is 0.425 e. The Balaban J connectivity index is 1.22. The molecule has 0 bridgehead atoms. The van der Waals surface area contributed by atoms with Gasteiger partial charge in [-0.15, -0.1) is 0 Å². The highest BCUT2D eigenvalue weighted by Crippen LogP contribution is 2.49. The highest BCUT2D eigenvalue weighted by molar-refractivity contribution is 6.24. The van der Waals surface area contributed by atoms with E-state index in [1.807, 2.05) is 42.5 Å². The second kappa shape index (κ2) is 9.92. The van der Waals surface area contributed by atoms with Gasteiger partial charge in [0.1, 0.15) is 17.6 Å². The maximum absolute atomic E-state index is 13.9. The fourth-order valence-corrected chi connectivity index (χ4v) is 6.24. The first-order valence-corrected chi connectivity index (χ1v) is 13.5. The number of amides is 2. The van der Waals surface area contributed by atoms with E-state index in [2.05, 4.69) is 0 Å². The summed E-state index contributed by atoms with van der Waals surface area (Å²) in [6.07, 6.45) is 3.73. The maximum atomic E-state index is 13.9. The lowest BCUT2D eigenvalue weighted by Crippen LogP contribution is -2.50. The first-order valence-electron chi connectivity index (χ1n) is 13.5. The van der Waals surface area contributed by atoms with Crippen molar-refractivity contribution < 1.29 is 28.3 Å². The molecular weight excluding hydrogens is 535 g/mol. The number of hydrogen-bond donors (Lipinski definition) is 0. The lowest BCUT2D eigenvalue weighted by atomic mass is 9.89. The van der Waals surface area contributed by atoms with Gasteiger partial charge in [-0.2, -0.15) is 0 Å². The number of anilines is 2. The Morgan fingerprint density at radius 2 is 1.36 bits per heavy atom. The van der Waals surface area contributed by atoms with Gasteiger partial charge in [0.05, 0.1) is 23.6 Å². The van der Waals surface area contributed by atoms with Gasteiger partial charge in [-0.3, -0.25) is 14.4 Å². The third-order valence-corrected chi connectivity index (χ3v) is 8.11. The second-order valence-corrected chi connectivity index (χ2v) is 10.4. The lowest BCUT2D eigenvalue weighted by molar-refractivity contribution is -0.139. The third kappa shape index (κ3) is 4.03. The van der Waals surface area contributed by atoms with Gasteiger partial charge in [0.15, 0.2) is 5.78 Å². The van der Waals surface area contributed by atoms with Crippen LogP contribution in [-0.2, 0) is 14.4 Å². The van der Waals surface area contributed by atoms with Gasteiger partial charge >= 0.3 is 5.97 Å². The van der Waals surface area contributed by atoms with Crippen LogP contribution in [0.25, 0.3) is 6.08 Å². The van der Waals surface area contributed by atoms with Gasteiger partial charge in [-0.25, -0.2) is 14.1 Å². The molecule has 4 aromatic carbocycles. The van der Waals surface area contributed by atoms with E-state index in [-0.39, 0.29) is 17.2 Å². The minimum atomic E-state index is -1.10. The average Bonchev–Trinajstić information content (AvgIpc) is 3.50. The molecule has 0 unspecified atom stereocenters. The summed E-state index contributed by atoms with van der Waals surface area (Å²) < 4.78 is 19.4. The molecule has 3 aliphatic heterocycles. The van der Waals surface area contributed by atoms with E-state index < -0.39 is 47.5 Å². The fourth-order valence-electron chi connectivity index (χ4n) is 6.24. The molecule has 0 radical (unpaired) electrons. The highest BCUT2D eigenvalue weighted by Gasteiger charge is 2.65. The van der Waals surface area contributed by atoms with Crippen molar-refractivity contribution in [1.82, 2.24) is 0 Å². The van der Waals surface area contributed by atoms with E-state index in [4.69, 9.17) is 4.74 Å². The van der Waals surface area contributed by atoms with Crippen molar-refractivity contribution in [3.63, 3.8) is 0 Å². The summed E-state index contributed by atoms with van der Waals surface area (Å²) in [5.41, 5.74) is 2.80. The summed E-state index contributed by atoms with van der Waals surface area (Å²) in [5.74, 6) is -3.99. The van der Waals surface area contributed by atoms with Gasteiger partial charge in [-0.05, 0) is 60.2 Å². The number of esters is 1.